The van der Waals surface area contributed by atoms with Crippen molar-refractivity contribution < 1.29 is 5.11 Å². The van der Waals surface area contributed by atoms with Gasteiger partial charge in [0.15, 0.2) is 0 Å². The van der Waals surface area contributed by atoms with Crippen LogP contribution < -0.4 is 0 Å². The van der Waals surface area contributed by atoms with E-state index in [1.807, 2.05) is 0 Å². The average molecular weight is 228 g/mol. The minimum Gasteiger partial charge on any atom is -0.392 e. The van der Waals surface area contributed by atoms with Crippen LogP contribution in [0.1, 0.15) is 0 Å². The van der Waals surface area contributed by atoms with E-state index in [-0.39, 0.29) is 6.61 Å². The lowest BCUT2D eigenvalue weighted by molar-refractivity contribution is 0.335. The summed E-state index contributed by atoms with van der Waals surface area (Å²) in [7, 11) is -2.32. The molecule has 1 N–H and O–H groups in total. The van der Waals surface area contributed by atoms with Crippen molar-refractivity contribution in [1.29, 1.82) is 0 Å². The normalized spacial score (nSPS) is 15.2. The van der Waals surface area contributed by atoms with E-state index in [0.717, 1.165) is 5.57 Å². The largest absolute Gasteiger partial charge is 0.392 e. The highest BCUT2D eigenvalue weighted by atomic mass is 28.3. The van der Waals surface area contributed by atoms with Crippen LogP contribution in [0.5, 0.6) is 0 Å². The van der Waals surface area contributed by atoms with Gasteiger partial charge in [0, 0.05) is 0 Å². The molecule has 0 saturated heterocycles. The smallest absolute Gasteiger partial charge is 0.0691 e. The predicted molar refractivity (Wildman–Crippen MR) is 71.0 cm³/mol. The zero-order valence-corrected chi connectivity index (χ0v) is 12.4. The second-order valence-corrected chi connectivity index (χ2v) is 16.0. The Kier molecular flexibility index (Phi) is 5.05. The van der Waals surface area contributed by atoms with Crippen molar-refractivity contribution in [1.82, 2.24) is 0 Å². The minimum absolute atomic E-state index is 0.172. The van der Waals surface area contributed by atoms with Gasteiger partial charge in [0.2, 0.25) is 0 Å². The summed E-state index contributed by atoms with van der Waals surface area (Å²) in [6, 6.07) is 0. The second kappa shape index (κ2) is 5.10. The van der Waals surface area contributed by atoms with Gasteiger partial charge in [0.1, 0.15) is 0 Å². The summed E-state index contributed by atoms with van der Waals surface area (Å²) >= 11 is 0. The quantitative estimate of drug-likeness (QED) is 0.579. The van der Waals surface area contributed by atoms with E-state index in [4.69, 9.17) is 0 Å². The molecule has 0 aromatic rings. The zero-order valence-electron chi connectivity index (χ0n) is 10.4. The fourth-order valence-electron chi connectivity index (χ4n) is 1.06. The molecule has 0 amide bonds. The highest BCUT2D eigenvalue weighted by Gasteiger charge is 2.11. The molecule has 0 bridgehead atoms. The Hall–Kier alpha value is -0.126. The van der Waals surface area contributed by atoms with E-state index in [2.05, 4.69) is 56.8 Å². The van der Waals surface area contributed by atoms with Gasteiger partial charge in [-0.1, -0.05) is 56.8 Å². The topological polar surface area (TPSA) is 20.2 Å². The van der Waals surface area contributed by atoms with Crippen LogP contribution in [0.2, 0.25) is 39.3 Å². The molecule has 0 heterocycles. The van der Waals surface area contributed by atoms with Crippen LogP contribution in [0.4, 0.5) is 0 Å². The third kappa shape index (κ3) is 8.47. The van der Waals surface area contributed by atoms with Crippen molar-refractivity contribution in [3.63, 3.8) is 0 Å². The molecule has 82 valence electrons. The Morgan fingerprint density at radius 3 is 1.79 bits per heavy atom. The van der Waals surface area contributed by atoms with Crippen LogP contribution in [-0.2, 0) is 0 Å². The summed E-state index contributed by atoms with van der Waals surface area (Å²) in [6.07, 6.45) is 2.12. The number of rotatable bonds is 4. The molecule has 0 aliphatic carbocycles. The molecular weight excluding hydrogens is 204 g/mol. The Morgan fingerprint density at radius 2 is 1.50 bits per heavy atom. The molecule has 1 nitrogen and oxygen atoms in total. The third-order valence-electron chi connectivity index (χ3n) is 1.60. The van der Waals surface area contributed by atoms with Gasteiger partial charge in [-0.05, 0) is 5.57 Å². The fraction of sp³-hybridized carbons (Fsp3) is 0.636. The van der Waals surface area contributed by atoms with Crippen molar-refractivity contribution in [3.8, 4) is 0 Å². The number of hydrogen-bond acceptors (Lipinski definition) is 1. The lowest BCUT2D eigenvalue weighted by Gasteiger charge is -2.13. The maximum atomic E-state index is 9.20. The fourth-order valence-corrected chi connectivity index (χ4v) is 3.07. The molecule has 0 aliphatic heterocycles. The predicted octanol–water partition coefficient (Wildman–Crippen LogP) is 3.22. The molecule has 14 heavy (non-hydrogen) atoms. The maximum absolute atomic E-state index is 9.20. The van der Waals surface area contributed by atoms with Crippen molar-refractivity contribution in [2.45, 2.75) is 39.3 Å². The van der Waals surface area contributed by atoms with Gasteiger partial charge in [0.05, 0.1) is 22.8 Å². The molecule has 0 aromatic heterocycles. The molecule has 0 atom stereocenters. The summed E-state index contributed by atoms with van der Waals surface area (Å²) in [5.41, 5.74) is 5.64. The Bertz CT molecular complexity index is 229. The number of aliphatic hydroxyl groups is 1. The van der Waals surface area contributed by atoms with Crippen molar-refractivity contribution >= 4 is 16.1 Å². The Balaban J connectivity index is 4.61. The lowest BCUT2D eigenvalue weighted by atomic mass is 10.3. The molecule has 0 fully saturated rings. The summed E-state index contributed by atoms with van der Waals surface area (Å²) in [6.45, 7) is 13.9. The minimum atomic E-state index is -1.20. The van der Waals surface area contributed by atoms with E-state index >= 15 is 0 Å². The highest BCUT2D eigenvalue weighted by molar-refractivity contribution is 6.81. The molecule has 3 heteroatoms. The monoisotopic (exact) mass is 228 g/mol. The van der Waals surface area contributed by atoms with E-state index in [9.17, 15) is 5.11 Å². The van der Waals surface area contributed by atoms with Gasteiger partial charge in [-0.3, -0.25) is 0 Å². The van der Waals surface area contributed by atoms with E-state index in [0.29, 0.717) is 0 Å². The van der Waals surface area contributed by atoms with Crippen LogP contribution in [0.3, 0.4) is 0 Å². The Morgan fingerprint density at radius 1 is 1.00 bits per heavy atom. The molecular formula is C11H24OSi2. The number of hydrogen-bond donors (Lipinski definition) is 1. The third-order valence-corrected chi connectivity index (χ3v) is 4.00. The molecule has 0 aromatic carbocycles. The maximum Gasteiger partial charge on any atom is 0.0691 e. The average Bonchev–Trinajstić information content (AvgIpc) is 1.94. The van der Waals surface area contributed by atoms with Crippen LogP contribution in [0.25, 0.3) is 0 Å². The van der Waals surface area contributed by atoms with Gasteiger partial charge in [-0.2, -0.15) is 0 Å². The van der Waals surface area contributed by atoms with Crippen LogP contribution in [-0.4, -0.2) is 27.9 Å². The molecule has 0 unspecified atom stereocenters. The molecule has 0 aliphatic rings. The second-order valence-electron chi connectivity index (χ2n) is 5.94. The SMILES string of the molecule is C[Si](C)(C)/C=C(/C=C/[Si](C)(C)C)CO. The zero-order chi connectivity index (χ0) is 11.4. The van der Waals surface area contributed by atoms with Crippen molar-refractivity contribution in [3.05, 3.63) is 23.0 Å². The van der Waals surface area contributed by atoms with Gasteiger partial charge < -0.3 is 5.11 Å². The van der Waals surface area contributed by atoms with Crippen molar-refractivity contribution in [2.75, 3.05) is 6.61 Å². The standard InChI is InChI=1S/C11H24OSi2/c1-13(2,3)8-7-11(9-12)10-14(4,5)6/h7-8,10,12H,9H2,1-6H3/b8-7+,11-10-. The first-order valence-corrected chi connectivity index (χ1v) is 12.3. The summed E-state index contributed by atoms with van der Waals surface area (Å²) in [5.74, 6) is 0. The van der Waals surface area contributed by atoms with E-state index in [1.165, 1.54) is 0 Å². The van der Waals surface area contributed by atoms with Crippen LogP contribution in [0.15, 0.2) is 23.0 Å². The summed E-state index contributed by atoms with van der Waals surface area (Å²) in [5, 5.41) is 9.20. The summed E-state index contributed by atoms with van der Waals surface area (Å²) < 4.78 is 0. The van der Waals surface area contributed by atoms with Gasteiger partial charge in [-0.15, -0.1) is 0 Å². The van der Waals surface area contributed by atoms with Crippen LogP contribution >= 0.6 is 0 Å². The van der Waals surface area contributed by atoms with Gasteiger partial charge in [-0.25, -0.2) is 0 Å². The molecule has 0 saturated carbocycles. The molecule has 0 radical (unpaired) electrons. The highest BCUT2D eigenvalue weighted by Crippen LogP contribution is 2.10. The first-order chi connectivity index (χ1) is 6.14. The Labute approximate surface area is 90.6 Å². The van der Waals surface area contributed by atoms with E-state index in [1.54, 1.807) is 0 Å². The molecule has 0 spiro atoms. The molecule has 0 rings (SSSR count). The lowest BCUT2D eigenvalue weighted by Crippen LogP contribution is -2.18. The number of aliphatic hydroxyl groups excluding tert-OH is 1. The first kappa shape index (κ1) is 13.9. The van der Waals surface area contributed by atoms with Crippen molar-refractivity contribution in [2.24, 2.45) is 0 Å². The first-order valence-electron chi connectivity index (χ1n) is 5.16. The summed E-state index contributed by atoms with van der Waals surface area (Å²) in [4.78, 5) is 0. The van der Waals surface area contributed by atoms with Crippen LogP contribution in [0, 0.1) is 0 Å². The van der Waals surface area contributed by atoms with E-state index < -0.39 is 16.1 Å². The van der Waals surface area contributed by atoms with Gasteiger partial charge >= 0.3 is 0 Å². The van der Waals surface area contributed by atoms with Gasteiger partial charge in [0.25, 0.3) is 0 Å².